The number of ether oxygens (including phenoxy) is 1. The van der Waals surface area contributed by atoms with Crippen LogP contribution in [0.3, 0.4) is 0 Å². The Hall–Kier alpha value is -2.03. The molecule has 1 aromatic rings. The van der Waals surface area contributed by atoms with Crippen molar-refractivity contribution in [1.82, 2.24) is 14.8 Å². The molecular formula is C15H19F2N3O4. The maximum Gasteiger partial charge on any atom is 0.276 e. The Bertz CT molecular complexity index is 622. The van der Waals surface area contributed by atoms with Crippen LogP contribution in [-0.2, 0) is 9.53 Å². The summed E-state index contributed by atoms with van der Waals surface area (Å²) in [6.07, 6.45) is 1.94. The number of aromatic nitrogens is 1. The fourth-order valence-corrected chi connectivity index (χ4v) is 3.55. The van der Waals surface area contributed by atoms with E-state index in [1.165, 1.54) is 12.0 Å². The molecule has 132 valence electrons. The van der Waals surface area contributed by atoms with Gasteiger partial charge in [0.15, 0.2) is 12.1 Å². The number of nitrogens with zero attached hydrogens (tertiary/aromatic N) is 3. The molecule has 2 aliphatic heterocycles. The van der Waals surface area contributed by atoms with Crippen molar-refractivity contribution >= 4 is 11.8 Å². The third-order valence-electron chi connectivity index (χ3n) is 4.62. The zero-order chi connectivity index (χ0) is 17.4. The van der Waals surface area contributed by atoms with Crippen LogP contribution in [0.25, 0.3) is 0 Å². The predicted molar refractivity (Wildman–Crippen MR) is 77.5 cm³/mol. The molecule has 2 amide bonds. The Labute approximate surface area is 137 Å². The van der Waals surface area contributed by atoms with Gasteiger partial charge in [-0.3, -0.25) is 9.59 Å². The first-order valence-corrected chi connectivity index (χ1v) is 7.70. The van der Waals surface area contributed by atoms with Crippen LogP contribution in [0.5, 0.6) is 0 Å². The predicted octanol–water partition coefficient (Wildman–Crippen LogP) is 1.02. The molecule has 2 fully saturated rings. The van der Waals surface area contributed by atoms with Crippen LogP contribution in [0, 0.1) is 5.41 Å². The van der Waals surface area contributed by atoms with E-state index in [0.717, 1.165) is 17.6 Å². The largest absolute Gasteiger partial charge is 0.451 e. The second-order valence-electron chi connectivity index (χ2n) is 6.38. The Balaban J connectivity index is 1.81. The molecule has 24 heavy (non-hydrogen) atoms. The minimum Gasteiger partial charge on any atom is -0.451 e. The van der Waals surface area contributed by atoms with E-state index in [0.29, 0.717) is 26.1 Å². The standard InChI is InChI=1S/C15H19F2N3O4/c1-23-5-4-19-3-2-14(13(19)22)7-15(16,17)9-20(8-14)12(21)11-6-24-10-18-11/h6,10H,2-5,7-9H2,1H3. The fourth-order valence-electron chi connectivity index (χ4n) is 3.55. The third-order valence-corrected chi connectivity index (χ3v) is 4.62. The first-order chi connectivity index (χ1) is 11.4. The van der Waals surface area contributed by atoms with Gasteiger partial charge in [0.1, 0.15) is 6.26 Å². The molecule has 9 heteroatoms. The first kappa shape index (κ1) is 16.8. The van der Waals surface area contributed by atoms with Crippen molar-refractivity contribution in [2.24, 2.45) is 5.41 Å². The van der Waals surface area contributed by atoms with Crippen molar-refractivity contribution in [1.29, 1.82) is 0 Å². The molecule has 3 rings (SSSR count). The number of amides is 2. The molecule has 0 bridgehead atoms. The lowest BCUT2D eigenvalue weighted by Gasteiger charge is -2.42. The van der Waals surface area contributed by atoms with Crippen LogP contribution in [0.15, 0.2) is 17.1 Å². The van der Waals surface area contributed by atoms with Gasteiger partial charge < -0.3 is 19.0 Å². The summed E-state index contributed by atoms with van der Waals surface area (Å²) in [6, 6.07) is 0. The molecular weight excluding hydrogens is 324 g/mol. The van der Waals surface area contributed by atoms with Gasteiger partial charge in [-0.25, -0.2) is 13.8 Å². The maximum absolute atomic E-state index is 14.3. The topological polar surface area (TPSA) is 75.9 Å². The molecule has 1 aromatic heterocycles. The summed E-state index contributed by atoms with van der Waals surface area (Å²) in [5, 5.41) is 0. The number of piperidine rings is 1. The molecule has 7 nitrogen and oxygen atoms in total. The van der Waals surface area contributed by atoms with Crippen molar-refractivity contribution in [2.75, 3.05) is 39.9 Å². The Morgan fingerprint density at radius 2 is 2.25 bits per heavy atom. The number of carbonyl (C=O) groups is 2. The van der Waals surface area contributed by atoms with Crippen LogP contribution in [0.1, 0.15) is 23.3 Å². The number of oxazole rings is 1. The quantitative estimate of drug-likeness (QED) is 0.816. The van der Waals surface area contributed by atoms with Crippen molar-refractivity contribution < 1.29 is 27.5 Å². The van der Waals surface area contributed by atoms with E-state index in [1.54, 1.807) is 0 Å². The second-order valence-corrected chi connectivity index (χ2v) is 6.38. The van der Waals surface area contributed by atoms with Crippen molar-refractivity contribution in [3.8, 4) is 0 Å². The number of halogens is 2. The highest BCUT2D eigenvalue weighted by Crippen LogP contribution is 2.45. The van der Waals surface area contributed by atoms with E-state index in [-0.39, 0.29) is 18.1 Å². The van der Waals surface area contributed by atoms with E-state index in [9.17, 15) is 18.4 Å². The van der Waals surface area contributed by atoms with Crippen molar-refractivity contribution in [2.45, 2.75) is 18.8 Å². The van der Waals surface area contributed by atoms with Gasteiger partial charge in [0.05, 0.1) is 18.6 Å². The van der Waals surface area contributed by atoms with Crippen molar-refractivity contribution in [3.63, 3.8) is 0 Å². The number of likely N-dealkylation sites (tertiary alicyclic amines) is 2. The minimum atomic E-state index is -3.12. The maximum atomic E-state index is 14.3. The van der Waals surface area contributed by atoms with Crippen LogP contribution < -0.4 is 0 Å². The SMILES string of the molecule is COCCN1CCC2(CN(C(=O)c3cocn3)CC(F)(F)C2)C1=O. The molecule has 3 heterocycles. The number of rotatable bonds is 4. The van der Waals surface area contributed by atoms with Gasteiger partial charge in [-0.15, -0.1) is 0 Å². The monoisotopic (exact) mass is 343 g/mol. The van der Waals surface area contributed by atoms with E-state index in [2.05, 4.69) is 4.98 Å². The van der Waals surface area contributed by atoms with E-state index >= 15 is 0 Å². The number of carbonyl (C=O) groups excluding carboxylic acids is 2. The smallest absolute Gasteiger partial charge is 0.276 e. The molecule has 0 N–H and O–H groups in total. The average Bonchev–Trinajstić information content (AvgIpc) is 3.14. The summed E-state index contributed by atoms with van der Waals surface area (Å²) >= 11 is 0. The number of hydrogen-bond acceptors (Lipinski definition) is 5. The fraction of sp³-hybridized carbons (Fsp3) is 0.667. The van der Waals surface area contributed by atoms with Crippen LogP contribution in [0.4, 0.5) is 8.78 Å². The molecule has 1 spiro atoms. The first-order valence-electron chi connectivity index (χ1n) is 7.70. The third kappa shape index (κ3) is 3.00. The number of methoxy groups -OCH3 is 1. The zero-order valence-corrected chi connectivity index (χ0v) is 13.3. The summed E-state index contributed by atoms with van der Waals surface area (Å²) in [4.78, 5) is 31.3. The number of hydrogen-bond donors (Lipinski definition) is 0. The van der Waals surface area contributed by atoms with Gasteiger partial charge in [-0.1, -0.05) is 0 Å². The van der Waals surface area contributed by atoms with Crippen molar-refractivity contribution in [3.05, 3.63) is 18.4 Å². The molecule has 1 atom stereocenters. The molecule has 0 saturated carbocycles. The molecule has 0 radical (unpaired) electrons. The lowest BCUT2D eigenvalue weighted by atomic mass is 9.77. The number of alkyl halides is 2. The summed E-state index contributed by atoms with van der Waals surface area (Å²) in [6.45, 7) is 0.354. The van der Waals surface area contributed by atoms with E-state index in [4.69, 9.17) is 9.15 Å². The molecule has 2 aliphatic rings. The molecule has 1 unspecified atom stereocenters. The van der Waals surface area contributed by atoms with Crippen LogP contribution in [-0.4, -0.2) is 72.4 Å². The van der Waals surface area contributed by atoms with E-state index in [1.807, 2.05) is 0 Å². The van der Waals surface area contributed by atoms with Gasteiger partial charge in [0.2, 0.25) is 5.91 Å². The van der Waals surface area contributed by atoms with Gasteiger partial charge in [-0.2, -0.15) is 0 Å². The summed E-state index contributed by atoms with van der Waals surface area (Å²) in [5.41, 5.74) is -1.28. The van der Waals surface area contributed by atoms with Gasteiger partial charge >= 0.3 is 0 Å². The summed E-state index contributed by atoms with van der Waals surface area (Å²) in [5.74, 6) is -4.10. The van der Waals surface area contributed by atoms with Gasteiger partial charge in [0.25, 0.3) is 11.8 Å². The van der Waals surface area contributed by atoms with E-state index < -0.39 is 30.2 Å². The van der Waals surface area contributed by atoms with Crippen LogP contribution in [0.2, 0.25) is 0 Å². The van der Waals surface area contributed by atoms with Gasteiger partial charge in [0, 0.05) is 33.2 Å². The second kappa shape index (κ2) is 6.12. The zero-order valence-electron chi connectivity index (χ0n) is 13.3. The van der Waals surface area contributed by atoms with Crippen LogP contribution >= 0.6 is 0 Å². The Kier molecular flexibility index (Phi) is 4.29. The normalized spacial score (nSPS) is 26.4. The minimum absolute atomic E-state index is 0.0312. The summed E-state index contributed by atoms with van der Waals surface area (Å²) < 4.78 is 38.2. The Morgan fingerprint density at radius 3 is 2.92 bits per heavy atom. The highest BCUT2D eigenvalue weighted by molar-refractivity contribution is 5.93. The van der Waals surface area contributed by atoms with Gasteiger partial charge in [-0.05, 0) is 6.42 Å². The summed E-state index contributed by atoms with van der Waals surface area (Å²) in [7, 11) is 1.52. The molecule has 0 aliphatic carbocycles. The average molecular weight is 343 g/mol. The molecule has 2 saturated heterocycles. The molecule has 0 aromatic carbocycles. The highest BCUT2D eigenvalue weighted by Gasteiger charge is 2.57. The lowest BCUT2D eigenvalue weighted by Crippen LogP contribution is -2.57. The Morgan fingerprint density at radius 1 is 1.46 bits per heavy atom. The highest BCUT2D eigenvalue weighted by atomic mass is 19.3. The lowest BCUT2D eigenvalue weighted by molar-refractivity contribution is -0.151.